The van der Waals surface area contributed by atoms with Crippen molar-refractivity contribution in [2.45, 2.75) is 25.6 Å². The number of carbonyl (C=O) groups is 1. The zero-order chi connectivity index (χ0) is 11.0. The molecule has 1 fully saturated rings. The van der Waals surface area contributed by atoms with Crippen molar-refractivity contribution in [3.8, 4) is 0 Å². The van der Waals surface area contributed by atoms with Gasteiger partial charge in [-0.1, -0.05) is 0 Å². The molecule has 0 aromatic carbocycles. The summed E-state index contributed by atoms with van der Waals surface area (Å²) >= 11 is 7.63. The Balaban J connectivity index is 2.18. The van der Waals surface area contributed by atoms with Crippen molar-refractivity contribution in [3.05, 3.63) is 21.4 Å². The molecule has 4 heteroatoms. The summed E-state index contributed by atoms with van der Waals surface area (Å²) < 4.78 is 0. The van der Waals surface area contributed by atoms with E-state index in [9.17, 15) is 4.79 Å². The first-order valence-electron chi connectivity index (χ1n) is 5.07. The van der Waals surface area contributed by atoms with Crippen molar-refractivity contribution >= 4 is 28.8 Å². The number of rotatable bonds is 1. The van der Waals surface area contributed by atoms with Crippen molar-refractivity contribution in [1.29, 1.82) is 0 Å². The number of likely N-dealkylation sites (tertiary alicyclic amines) is 1. The number of hydrogen-bond acceptors (Lipinski definition) is 2. The number of amides is 1. The molecule has 1 amide bonds. The monoisotopic (exact) mass is 243 g/mol. The molecule has 0 bridgehead atoms. The van der Waals surface area contributed by atoms with Crippen LogP contribution in [0.3, 0.4) is 0 Å². The number of hydrogen-bond donors (Lipinski definition) is 0. The Morgan fingerprint density at radius 2 is 2.33 bits per heavy atom. The summed E-state index contributed by atoms with van der Waals surface area (Å²) in [4.78, 5) is 15.2. The predicted molar refractivity (Wildman–Crippen MR) is 64.0 cm³/mol. The number of aryl methyl sites for hydroxylation is 1. The second kappa shape index (κ2) is 4.14. The Hall–Kier alpha value is -0.540. The maximum Gasteiger partial charge on any atom is 0.255 e. The quantitative estimate of drug-likeness (QED) is 0.695. The van der Waals surface area contributed by atoms with Crippen LogP contribution in [0.4, 0.5) is 0 Å². The molecule has 2 rings (SSSR count). The van der Waals surface area contributed by atoms with Gasteiger partial charge in [0.05, 0.1) is 10.9 Å². The third-order valence-electron chi connectivity index (χ3n) is 2.93. The molecule has 1 aliphatic rings. The van der Waals surface area contributed by atoms with E-state index in [1.54, 1.807) is 11.3 Å². The van der Waals surface area contributed by atoms with Crippen LogP contribution in [0.2, 0.25) is 0 Å². The Labute approximate surface area is 98.8 Å². The molecular formula is C11H14ClNOS. The fourth-order valence-electron chi connectivity index (χ4n) is 1.80. The molecule has 1 atom stereocenters. The smallest absolute Gasteiger partial charge is 0.255 e. The number of alkyl halides is 1. The van der Waals surface area contributed by atoms with Crippen LogP contribution >= 0.6 is 22.9 Å². The molecule has 1 saturated heterocycles. The highest BCUT2D eigenvalue weighted by atomic mass is 35.5. The molecular weight excluding hydrogens is 230 g/mol. The van der Waals surface area contributed by atoms with Gasteiger partial charge in [-0.15, -0.1) is 22.9 Å². The topological polar surface area (TPSA) is 20.3 Å². The molecule has 15 heavy (non-hydrogen) atoms. The van der Waals surface area contributed by atoms with Gasteiger partial charge in [0.15, 0.2) is 0 Å². The number of halogens is 1. The second-order valence-electron chi connectivity index (χ2n) is 3.97. The first kappa shape index (κ1) is 11.0. The first-order chi connectivity index (χ1) is 7.09. The van der Waals surface area contributed by atoms with Crippen LogP contribution in [-0.4, -0.2) is 29.3 Å². The van der Waals surface area contributed by atoms with E-state index in [1.807, 2.05) is 24.1 Å². The Morgan fingerprint density at radius 3 is 2.80 bits per heavy atom. The minimum atomic E-state index is 0.133. The summed E-state index contributed by atoms with van der Waals surface area (Å²) in [6, 6.07) is 0. The molecule has 0 aliphatic carbocycles. The van der Waals surface area contributed by atoms with E-state index in [2.05, 4.69) is 0 Å². The van der Waals surface area contributed by atoms with Crippen LogP contribution < -0.4 is 0 Å². The normalized spacial score (nSPS) is 21.0. The van der Waals surface area contributed by atoms with Gasteiger partial charge in [0.2, 0.25) is 0 Å². The minimum absolute atomic E-state index is 0.133. The maximum atomic E-state index is 12.1. The molecule has 1 aromatic rings. The van der Waals surface area contributed by atoms with E-state index in [0.29, 0.717) is 6.54 Å². The molecule has 82 valence electrons. The van der Waals surface area contributed by atoms with E-state index in [-0.39, 0.29) is 11.3 Å². The van der Waals surface area contributed by atoms with Gasteiger partial charge in [0.1, 0.15) is 0 Å². The number of carbonyl (C=O) groups excluding carboxylic acids is 1. The van der Waals surface area contributed by atoms with Gasteiger partial charge in [0.25, 0.3) is 5.91 Å². The summed E-state index contributed by atoms with van der Waals surface area (Å²) in [6.45, 7) is 5.54. The predicted octanol–water partition coefficient (Wildman–Crippen LogP) is 2.82. The lowest BCUT2D eigenvalue weighted by Gasteiger charge is -2.15. The first-order valence-corrected chi connectivity index (χ1v) is 6.39. The largest absolute Gasteiger partial charge is 0.337 e. The molecule has 0 radical (unpaired) electrons. The summed E-state index contributed by atoms with van der Waals surface area (Å²) in [5.41, 5.74) is 1.96. The lowest BCUT2D eigenvalue weighted by Crippen LogP contribution is -2.28. The van der Waals surface area contributed by atoms with E-state index in [1.165, 1.54) is 4.88 Å². The Kier molecular flexibility index (Phi) is 3.03. The van der Waals surface area contributed by atoms with E-state index in [4.69, 9.17) is 11.6 Å². The van der Waals surface area contributed by atoms with Gasteiger partial charge in [-0.05, 0) is 25.8 Å². The fourth-order valence-corrected chi connectivity index (χ4v) is 2.92. The van der Waals surface area contributed by atoms with Crippen molar-refractivity contribution in [2.24, 2.45) is 0 Å². The third kappa shape index (κ3) is 2.04. The van der Waals surface area contributed by atoms with E-state index < -0.39 is 0 Å². The highest BCUT2D eigenvalue weighted by molar-refractivity contribution is 7.10. The van der Waals surface area contributed by atoms with Crippen molar-refractivity contribution in [2.75, 3.05) is 13.1 Å². The van der Waals surface area contributed by atoms with Crippen molar-refractivity contribution in [1.82, 2.24) is 4.90 Å². The van der Waals surface area contributed by atoms with Crippen LogP contribution in [0.15, 0.2) is 5.38 Å². The lowest BCUT2D eigenvalue weighted by molar-refractivity contribution is 0.0793. The van der Waals surface area contributed by atoms with Gasteiger partial charge >= 0.3 is 0 Å². The van der Waals surface area contributed by atoms with Gasteiger partial charge in [-0.2, -0.15) is 0 Å². The van der Waals surface area contributed by atoms with E-state index >= 15 is 0 Å². The lowest BCUT2D eigenvalue weighted by atomic mass is 10.1. The van der Waals surface area contributed by atoms with Gasteiger partial charge in [0, 0.05) is 23.3 Å². The van der Waals surface area contributed by atoms with Crippen LogP contribution in [0, 0.1) is 13.8 Å². The van der Waals surface area contributed by atoms with Gasteiger partial charge in [-0.25, -0.2) is 0 Å². The summed E-state index contributed by atoms with van der Waals surface area (Å²) in [7, 11) is 0. The molecule has 2 heterocycles. The highest BCUT2D eigenvalue weighted by Gasteiger charge is 2.26. The Bertz CT molecular complexity index is 388. The average Bonchev–Trinajstić information content (AvgIpc) is 2.75. The third-order valence-corrected chi connectivity index (χ3v) is 4.30. The molecule has 0 N–H and O–H groups in total. The Morgan fingerprint density at radius 1 is 1.60 bits per heavy atom. The number of nitrogens with zero attached hydrogens (tertiary/aromatic N) is 1. The van der Waals surface area contributed by atoms with E-state index in [0.717, 1.165) is 24.1 Å². The van der Waals surface area contributed by atoms with Crippen LogP contribution in [0.25, 0.3) is 0 Å². The molecule has 0 saturated carbocycles. The number of thiophene rings is 1. The summed E-state index contributed by atoms with van der Waals surface area (Å²) in [5, 5.41) is 2.09. The van der Waals surface area contributed by atoms with Crippen molar-refractivity contribution in [3.63, 3.8) is 0 Å². The molecule has 1 aliphatic heterocycles. The zero-order valence-corrected chi connectivity index (χ0v) is 10.5. The zero-order valence-electron chi connectivity index (χ0n) is 8.92. The second-order valence-corrected chi connectivity index (χ2v) is 5.67. The average molecular weight is 244 g/mol. The molecule has 2 nitrogen and oxygen atoms in total. The van der Waals surface area contributed by atoms with Crippen LogP contribution in [0.5, 0.6) is 0 Å². The van der Waals surface area contributed by atoms with Crippen LogP contribution in [-0.2, 0) is 0 Å². The highest BCUT2D eigenvalue weighted by Crippen LogP contribution is 2.24. The van der Waals surface area contributed by atoms with Gasteiger partial charge < -0.3 is 4.90 Å². The molecule has 1 unspecified atom stereocenters. The molecule has 1 aromatic heterocycles. The fraction of sp³-hybridized carbons (Fsp3) is 0.545. The van der Waals surface area contributed by atoms with Crippen molar-refractivity contribution < 1.29 is 4.79 Å². The summed E-state index contributed by atoms with van der Waals surface area (Å²) in [6.07, 6.45) is 0.912. The maximum absolute atomic E-state index is 12.1. The SMILES string of the molecule is Cc1scc(C(=O)N2CCC(Cl)C2)c1C. The standard InChI is InChI=1S/C11H14ClNOS/c1-7-8(2)15-6-10(7)11(14)13-4-3-9(12)5-13/h6,9H,3-5H2,1-2H3. The van der Waals surface area contributed by atoms with Gasteiger partial charge in [-0.3, -0.25) is 4.79 Å². The minimum Gasteiger partial charge on any atom is -0.337 e. The summed E-state index contributed by atoms with van der Waals surface area (Å²) in [5.74, 6) is 0.139. The van der Waals surface area contributed by atoms with Crippen LogP contribution in [0.1, 0.15) is 27.2 Å². The molecule has 0 spiro atoms.